The molecule has 1 fully saturated rings. The van der Waals surface area contributed by atoms with Crippen LogP contribution in [0.1, 0.15) is 11.1 Å². The van der Waals surface area contributed by atoms with Crippen molar-refractivity contribution in [1.82, 2.24) is 19.8 Å². The average Bonchev–Trinajstić information content (AvgIpc) is 2.84. The fourth-order valence-electron chi connectivity index (χ4n) is 3.63. The number of aryl methyl sites for hydroxylation is 1. The zero-order valence-electron chi connectivity index (χ0n) is 20.3. The molecular formula is C24H30N4O7S. The topological polar surface area (TPSA) is 145 Å². The molecule has 2 atom stereocenters. The minimum atomic E-state index is -3.97. The zero-order valence-corrected chi connectivity index (χ0v) is 21.1. The number of benzene rings is 2. The van der Waals surface area contributed by atoms with Crippen LogP contribution in [0.3, 0.4) is 0 Å². The Morgan fingerprint density at radius 2 is 1.78 bits per heavy atom. The minimum absolute atomic E-state index is 0.0478. The standard InChI is InChI=1S/C24H30N4O7S/c1-16-4-10-19(11-5-16)36(33,34)28-13-12-25-15-21(28)22(29)26-20(23(30)31)14-17-6-8-18(9-7-17)35-24(32)27(2)3/h4-11,20-21,25H,12-15H2,1-3H3,(H,26,29)(H,30,31)/t20-,21-/m0/s1. The maximum Gasteiger partial charge on any atom is 0.414 e. The van der Waals surface area contributed by atoms with Gasteiger partial charge in [-0.2, -0.15) is 4.31 Å². The van der Waals surface area contributed by atoms with Crippen LogP contribution in [0.4, 0.5) is 4.79 Å². The van der Waals surface area contributed by atoms with E-state index in [0.717, 1.165) is 9.87 Å². The van der Waals surface area contributed by atoms with Gasteiger partial charge in [-0.25, -0.2) is 18.0 Å². The molecule has 0 spiro atoms. The number of carbonyl (C=O) groups excluding carboxylic acids is 2. The first-order valence-electron chi connectivity index (χ1n) is 11.3. The molecule has 2 aromatic carbocycles. The first-order valence-corrected chi connectivity index (χ1v) is 12.7. The maximum absolute atomic E-state index is 13.2. The van der Waals surface area contributed by atoms with E-state index in [9.17, 15) is 27.9 Å². The highest BCUT2D eigenvalue weighted by atomic mass is 32.2. The van der Waals surface area contributed by atoms with E-state index in [-0.39, 0.29) is 24.4 Å². The summed E-state index contributed by atoms with van der Waals surface area (Å²) in [6.45, 7) is 2.32. The van der Waals surface area contributed by atoms with Gasteiger partial charge in [0.25, 0.3) is 0 Å². The number of rotatable bonds is 8. The van der Waals surface area contributed by atoms with Crippen molar-refractivity contribution < 1.29 is 32.6 Å². The van der Waals surface area contributed by atoms with Crippen LogP contribution in [0.2, 0.25) is 0 Å². The quantitative estimate of drug-likeness (QED) is 0.466. The summed E-state index contributed by atoms with van der Waals surface area (Å²) in [7, 11) is -0.874. The second-order valence-electron chi connectivity index (χ2n) is 8.66. The Morgan fingerprint density at radius 1 is 1.14 bits per heavy atom. The number of ether oxygens (including phenoxy) is 1. The molecule has 36 heavy (non-hydrogen) atoms. The van der Waals surface area contributed by atoms with Crippen LogP contribution < -0.4 is 15.4 Å². The molecule has 1 saturated heterocycles. The number of hydrogen-bond acceptors (Lipinski definition) is 7. The maximum atomic E-state index is 13.2. The number of nitrogens with zero attached hydrogens (tertiary/aromatic N) is 2. The summed E-state index contributed by atoms with van der Waals surface area (Å²) in [4.78, 5) is 38.0. The molecule has 1 aliphatic heterocycles. The lowest BCUT2D eigenvalue weighted by atomic mass is 10.1. The van der Waals surface area contributed by atoms with Gasteiger partial charge in [0, 0.05) is 40.2 Å². The molecule has 3 N–H and O–H groups in total. The van der Waals surface area contributed by atoms with E-state index in [1.54, 1.807) is 38.4 Å². The van der Waals surface area contributed by atoms with Crippen molar-refractivity contribution >= 4 is 28.0 Å². The van der Waals surface area contributed by atoms with Gasteiger partial charge >= 0.3 is 12.1 Å². The Hall–Kier alpha value is -3.48. The first-order chi connectivity index (χ1) is 17.0. The second kappa shape index (κ2) is 11.5. The Bertz CT molecular complexity index is 1200. The molecule has 0 aliphatic carbocycles. The molecule has 194 valence electrons. The predicted molar refractivity (Wildman–Crippen MR) is 131 cm³/mol. The van der Waals surface area contributed by atoms with Gasteiger partial charge in [-0.3, -0.25) is 4.79 Å². The highest BCUT2D eigenvalue weighted by Crippen LogP contribution is 2.21. The summed E-state index contributed by atoms with van der Waals surface area (Å²) >= 11 is 0. The Morgan fingerprint density at radius 3 is 2.36 bits per heavy atom. The number of carbonyl (C=O) groups is 3. The van der Waals surface area contributed by atoms with E-state index < -0.39 is 40.1 Å². The molecule has 2 aromatic rings. The summed E-state index contributed by atoms with van der Waals surface area (Å²) in [5, 5.41) is 15.2. The van der Waals surface area contributed by atoms with Gasteiger partial charge < -0.3 is 25.4 Å². The number of piperazine rings is 1. The second-order valence-corrected chi connectivity index (χ2v) is 10.5. The van der Waals surface area contributed by atoms with Gasteiger partial charge in [-0.1, -0.05) is 29.8 Å². The Kier molecular flexibility index (Phi) is 8.66. The number of carboxylic acids is 1. The molecule has 12 heteroatoms. The molecule has 0 unspecified atom stereocenters. The van der Waals surface area contributed by atoms with Gasteiger partial charge in [0.15, 0.2) is 0 Å². The van der Waals surface area contributed by atoms with Crippen molar-refractivity contribution in [3.8, 4) is 5.75 Å². The van der Waals surface area contributed by atoms with E-state index in [2.05, 4.69) is 10.6 Å². The van der Waals surface area contributed by atoms with Crippen molar-refractivity contribution in [2.75, 3.05) is 33.7 Å². The third-order valence-electron chi connectivity index (χ3n) is 5.67. The lowest BCUT2D eigenvalue weighted by molar-refractivity contribution is -0.142. The number of sulfonamides is 1. The Labute approximate surface area is 210 Å². The van der Waals surface area contributed by atoms with Crippen LogP contribution >= 0.6 is 0 Å². The smallest absolute Gasteiger partial charge is 0.414 e. The normalized spacial score (nSPS) is 17.1. The molecule has 0 radical (unpaired) electrons. The van der Waals surface area contributed by atoms with Crippen molar-refractivity contribution in [1.29, 1.82) is 0 Å². The van der Waals surface area contributed by atoms with Crippen molar-refractivity contribution in [2.45, 2.75) is 30.3 Å². The SMILES string of the molecule is Cc1ccc(S(=O)(=O)N2CCNC[C@H]2C(=O)N[C@@H](Cc2ccc(OC(=O)N(C)C)cc2)C(=O)O)cc1. The number of aliphatic carboxylic acids is 1. The van der Waals surface area contributed by atoms with Crippen LogP contribution in [-0.4, -0.2) is 86.5 Å². The van der Waals surface area contributed by atoms with Crippen LogP contribution in [0.15, 0.2) is 53.4 Å². The van der Waals surface area contributed by atoms with Gasteiger partial charge in [-0.05, 0) is 36.8 Å². The molecule has 0 bridgehead atoms. The van der Waals surface area contributed by atoms with Crippen molar-refractivity contribution in [3.63, 3.8) is 0 Å². The van der Waals surface area contributed by atoms with E-state index >= 15 is 0 Å². The number of amides is 2. The molecular weight excluding hydrogens is 488 g/mol. The predicted octanol–water partition coefficient (Wildman–Crippen LogP) is 0.830. The van der Waals surface area contributed by atoms with Crippen molar-refractivity contribution in [2.24, 2.45) is 0 Å². The summed E-state index contributed by atoms with van der Waals surface area (Å²) in [6, 6.07) is 10.2. The van der Waals surface area contributed by atoms with Crippen LogP contribution in [0, 0.1) is 6.92 Å². The van der Waals surface area contributed by atoms with Gasteiger partial charge in [0.2, 0.25) is 15.9 Å². The largest absolute Gasteiger partial charge is 0.480 e. The van der Waals surface area contributed by atoms with E-state index in [0.29, 0.717) is 17.9 Å². The third kappa shape index (κ3) is 6.59. The Balaban J connectivity index is 1.72. The molecule has 1 aliphatic rings. The fourth-order valence-corrected chi connectivity index (χ4v) is 5.22. The van der Waals surface area contributed by atoms with Gasteiger partial charge in [-0.15, -0.1) is 0 Å². The number of hydrogen-bond donors (Lipinski definition) is 3. The van der Waals surface area contributed by atoms with Gasteiger partial charge in [0.1, 0.15) is 17.8 Å². The van der Waals surface area contributed by atoms with E-state index in [1.807, 2.05) is 6.92 Å². The molecule has 11 nitrogen and oxygen atoms in total. The highest BCUT2D eigenvalue weighted by molar-refractivity contribution is 7.89. The molecule has 0 saturated carbocycles. The minimum Gasteiger partial charge on any atom is -0.480 e. The summed E-state index contributed by atoms with van der Waals surface area (Å²) in [5.74, 6) is -1.68. The lowest BCUT2D eigenvalue weighted by Gasteiger charge is -2.34. The van der Waals surface area contributed by atoms with E-state index in [4.69, 9.17) is 4.74 Å². The number of nitrogens with one attached hydrogen (secondary N) is 2. The summed E-state index contributed by atoms with van der Waals surface area (Å²) in [5.41, 5.74) is 1.48. The fraction of sp³-hybridized carbons (Fsp3) is 0.375. The molecule has 2 amide bonds. The van der Waals surface area contributed by atoms with Crippen LogP contribution in [0.25, 0.3) is 0 Å². The molecule has 0 aromatic heterocycles. The molecule has 1 heterocycles. The summed E-state index contributed by atoms with van der Waals surface area (Å²) < 4.78 is 32.7. The summed E-state index contributed by atoms with van der Waals surface area (Å²) in [6.07, 6.45) is -0.599. The number of carboxylic acid groups (broad SMARTS) is 1. The lowest BCUT2D eigenvalue weighted by Crippen LogP contribution is -2.61. The zero-order chi connectivity index (χ0) is 26.5. The average molecular weight is 519 g/mol. The van der Waals surface area contributed by atoms with Crippen molar-refractivity contribution in [3.05, 3.63) is 59.7 Å². The monoisotopic (exact) mass is 518 g/mol. The third-order valence-corrected chi connectivity index (χ3v) is 7.59. The molecule has 3 rings (SSSR count). The first kappa shape index (κ1) is 27.1. The highest BCUT2D eigenvalue weighted by Gasteiger charge is 2.38. The van der Waals surface area contributed by atoms with Crippen LogP contribution in [0.5, 0.6) is 5.75 Å². The van der Waals surface area contributed by atoms with Crippen LogP contribution in [-0.2, 0) is 26.0 Å². The van der Waals surface area contributed by atoms with Gasteiger partial charge in [0.05, 0.1) is 4.90 Å². The van der Waals surface area contributed by atoms with E-state index in [1.165, 1.54) is 29.2 Å².